The third-order valence-electron chi connectivity index (χ3n) is 3.66. The number of benzene rings is 2. The van der Waals surface area contributed by atoms with E-state index in [4.69, 9.17) is 0 Å². The lowest BCUT2D eigenvalue weighted by Gasteiger charge is -2.01. The maximum atomic E-state index is 13.0. The molecule has 2 aromatic heterocycles. The molecule has 0 atom stereocenters. The van der Waals surface area contributed by atoms with Crippen LogP contribution in [-0.4, -0.2) is 30.6 Å². The number of hydrogen-bond acceptors (Lipinski definition) is 4. The molecular formula is C17H13FN6O. The smallest absolute Gasteiger partial charge is 0.297 e. The van der Waals surface area contributed by atoms with E-state index in [2.05, 4.69) is 25.4 Å². The molecule has 2 N–H and O–H groups in total. The molecule has 0 aliphatic rings. The molecule has 7 nitrogen and oxygen atoms in total. The molecule has 1 amide bonds. The highest BCUT2D eigenvalue weighted by Gasteiger charge is 2.17. The number of rotatable bonds is 3. The normalized spacial score (nSPS) is 11.0. The number of nitrogens with one attached hydrogen (secondary N) is 2. The maximum absolute atomic E-state index is 13.0. The predicted octanol–water partition coefficient (Wildman–Crippen LogP) is 2.84. The second-order valence-electron chi connectivity index (χ2n) is 5.43. The third kappa shape index (κ3) is 2.85. The van der Waals surface area contributed by atoms with Crippen molar-refractivity contribution in [2.75, 3.05) is 5.32 Å². The first-order chi connectivity index (χ1) is 12.1. The Morgan fingerprint density at radius 3 is 2.64 bits per heavy atom. The highest BCUT2D eigenvalue weighted by Crippen LogP contribution is 2.15. The van der Waals surface area contributed by atoms with Crippen molar-refractivity contribution < 1.29 is 9.18 Å². The second kappa shape index (κ2) is 5.82. The number of halogens is 1. The molecule has 0 aliphatic carbocycles. The Morgan fingerprint density at radius 1 is 1.12 bits per heavy atom. The van der Waals surface area contributed by atoms with Crippen LogP contribution in [0.5, 0.6) is 0 Å². The van der Waals surface area contributed by atoms with Crippen LogP contribution in [-0.2, 0) is 0 Å². The number of nitrogens with zero attached hydrogens (tertiary/aromatic N) is 4. The number of carbonyl (C=O) groups is 1. The summed E-state index contributed by atoms with van der Waals surface area (Å²) in [7, 11) is 0. The molecule has 0 unspecified atom stereocenters. The van der Waals surface area contributed by atoms with Crippen molar-refractivity contribution in [3.63, 3.8) is 0 Å². The summed E-state index contributed by atoms with van der Waals surface area (Å²) in [6, 6.07) is 13.2. The maximum Gasteiger partial charge on any atom is 0.297 e. The van der Waals surface area contributed by atoms with E-state index in [9.17, 15) is 9.18 Å². The summed E-state index contributed by atoms with van der Waals surface area (Å²) >= 11 is 0. The Kier molecular flexibility index (Phi) is 3.50. The lowest BCUT2D eigenvalue weighted by Crippen LogP contribution is -2.15. The van der Waals surface area contributed by atoms with Gasteiger partial charge in [-0.15, -0.1) is 5.10 Å². The standard InChI is InChI=1S/C17H13FN6O/c1-10-19-15(23-24(10)12-8-6-11(18)7-9-12)16(25)22-17-20-13-4-2-3-5-14(13)21-17/h2-9H,1H3,(H2,20,21,22,25). The molecule has 0 radical (unpaired) electrons. The first-order valence-corrected chi connectivity index (χ1v) is 7.56. The number of anilines is 1. The molecule has 25 heavy (non-hydrogen) atoms. The van der Waals surface area contributed by atoms with Crippen LogP contribution in [0.3, 0.4) is 0 Å². The molecule has 0 fully saturated rings. The van der Waals surface area contributed by atoms with Gasteiger partial charge in [0.1, 0.15) is 11.6 Å². The Bertz CT molecular complexity index is 1030. The van der Waals surface area contributed by atoms with E-state index in [1.54, 1.807) is 19.1 Å². The van der Waals surface area contributed by atoms with Crippen LogP contribution in [0.25, 0.3) is 16.7 Å². The van der Waals surface area contributed by atoms with E-state index in [-0.39, 0.29) is 11.6 Å². The summed E-state index contributed by atoms with van der Waals surface area (Å²) in [5.41, 5.74) is 2.19. The van der Waals surface area contributed by atoms with Gasteiger partial charge in [0.15, 0.2) is 0 Å². The van der Waals surface area contributed by atoms with Crippen molar-refractivity contribution in [1.82, 2.24) is 24.7 Å². The zero-order valence-electron chi connectivity index (χ0n) is 13.2. The van der Waals surface area contributed by atoms with Crippen LogP contribution in [0, 0.1) is 12.7 Å². The van der Waals surface area contributed by atoms with Crippen LogP contribution in [0.2, 0.25) is 0 Å². The van der Waals surface area contributed by atoms with Crippen LogP contribution in [0.4, 0.5) is 10.3 Å². The summed E-state index contributed by atoms with van der Waals surface area (Å²) < 4.78 is 14.5. The van der Waals surface area contributed by atoms with Crippen molar-refractivity contribution in [2.45, 2.75) is 6.92 Å². The lowest BCUT2D eigenvalue weighted by molar-refractivity contribution is 0.101. The van der Waals surface area contributed by atoms with Gasteiger partial charge in [-0.25, -0.2) is 19.0 Å². The number of para-hydroxylation sites is 2. The number of imidazole rings is 1. The van der Waals surface area contributed by atoms with E-state index in [0.717, 1.165) is 11.0 Å². The molecule has 0 bridgehead atoms. The predicted molar refractivity (Wildman–Crippen MR) is 90.1 cm³/mol. The SMILES string of the molecule is Cc1nc(C(=O)Nc2nc3ccccc3[nH]2)nn1-c1ccc(F)cc1. The number of amides is 1. The Balaban J connectivity index is 1.60. The molecule has 0 saturated carbocycles. The quantitative estimate of drug-likeness (QED) is 0.602. The van der Waals surface area contributed by atoms with Gasteiger partial charge in [-0.2, -0.15) is 0 Å². The number of aromatic nitrogens is 5. The van der Waals surface area contributed by atoms with Gasteiger partial charge in [-0.3, -0.25) is 10.1 Å². The van der Waals surface area contributed by atoms with Crippen molar-refractivity contribution in [1.29, 1.82) is 0 Å². The van der Waals surface area contributed by atoms with E-state index < -0.39 is 5.91 Å². The molecule has 0 saturated heterocycles. The molecule has 4 rings (SSSR count). The summed E-state index contributed by atoms with van der Waals surface area (Å²) in [5.74, 6) is 0.0121. The second-order valence-corrected chi connectivity index (χ2v) is 5.43. The Labute approximate surface area is 141 Å². The highest BCUT2D eigenvalue weighted by atomic mass is 19.1. The van der Waals surface area contributed by atoms with E-state index >= 15 is 0 Å². The fourth-order valence-electron chi connectivity index (χ4n) is 2.49. The van der Waals surface area contributed by atoms with Gasteiger partial charge in [0.2, 0.25) is 11.8 Å². The monoisotopic (exact) mass is 336 g/mol. The van der Waals surface area contributed by atoms with Crippen LogP contribution >= 0.6 is 0 Å². The topological polar surface area (TPSA) is 88.5 Å². The van der Waals surface area contributed by atoms with Crippen molar-refractivity contribution in [2.24, 2.45) is 0 Å². The molecule has 0 spiro atoms. The first-order valence-electron chi connectivity index (χ1n) is 7.56. The Hall–Kier alpha value is -3.55. The van der Waals surface area contributed by atoms with E-state index in [1.165, 1.54) is 16.8 Å². The van der Waals surface area contributed by atoms with Gasteiger partial charge in [0.25, 0.3) is 5.91 Å². The molecule has 124 valence electrons. The number of aryl methyl sites for hydroxylation is 1. The summed E-state index contributed by atoms with van der Waals surface area (Å²) in [5, 5.41) is 6.83. The zero-order valence-corrected chi connectivity index (χ0v) is 13.2. The van der Waals surface area contributed by atoms with Gasteiger partial charge in [-0.05, 0) is 43.3 Å². The highest BCUT2D eigenvalue weighted by molar-refractivity contribution is 6.01. The lowest BCUT2D eigenvalue weighted by atomic mass is 10.3. The van der Waals surface area contributed by atoms with Gasteiger partial charge in [-0.1, -0.05) is 12.1 Å². The van der Waals surface area contributed by atoms with Crippen LogP contribution in [0.15, 0.2) is 48.5 Å². The fraction of sp³-hybridized carbons (Fsp3) is 0.0588. The average Bonchev–Trinajstić information content (AvgIpc) is 3.18. The van der Waals surface area contributed by atoms with Gasteiger partial charge < -0.3 is 4.98 Å². The van der Waals surface area contributed by atoms with E-state index in [0.29, 0.717) is 17.5 Å². The number of H-pyrrole nitrogens is 1. The first kappa shape index (κ1) is 15.0. The minimum absolute atomic E-state index is 0.00211. The fourth-order valence-corrected chi connectivity index (χ4v) is 2.49. The molecule has 4 aromatic rings. The molecule has 8 heteroatoms. The largest absolute Gasteiger partial charge is 0.324 e. The summed E-state index contributed by atoms with van der Waals surface area (Å²) in [6.45, 7) is 1.72. The number of hydrogen-bond donors (Lipinski definition) is 2. The van der Waals surface area contributed by atoms with Crippen LogP contribution in [0.1, 0.15) is 16.4 Å². The number of fused-ring (bicyclic) bond motifs is 1. The minimum atomic E-state index is -0.483. The molecular weight excluding hydrogens is 323 g/mol. The summed E-state index contributed by atoms with van der Waals surface area (Å²) in [4.78, 5) is 23.8. The Morgan fingerprint density at radius 2 is 1.88 bits per heavy atom. The minimum Gasteiger partial charge on any atom is -0.324 e. The zero-order chi connectivity index (χ0) is 17.4. The summed E-state index contributed by atoms with van der Waals surface area (Å²) in [6.07, 6.45) is 0. The van der Waals surface area contributed by atoms with E-state index in [1.807, 2.05) is 24.3 Å². The molecule has 2 aromatic carbocycles. The van der Waals surface area contributed by atoms with Crippen LogP contribution < -0.4 is 5.32 Å². The van der Waals surface area contributed by atoms with Gasteiger partial charge in [0.05, 0.1) is 16.7 Å². The number of aromatic amines is 1. The van der Waals surface area contributed by atoms with Crippen molar-refractivity contribution in [3.05, 3.63) is 66.0 Å². The molecule has 0 aliphatic heterocycles. The van der Waals surface area contributed by atoms with Crippen molar-refractivity contribution in [3.8, 4) is 5.69 Å². The molecule has 2 heterocycles. The average molecular weight is 336 g/mol. The van der Waals surface area contributed by atoms with Gasteiger partial charge >= 0.3 is 0 Å². The number of carbonyl (C=O) groups excluding carboxylic acids is 1. The third-order valence-corrected chi connectivity index (χ3v) is 3.66. The van der Waals surface area contributed by atoms with Gasteiger partial charge in [0, 0.05) is 0 Å². The van der Waals surface area contributed by atoms with Crippen molar-refractivity contribution >= 4 is 22.9 Å².